The average Bonchev–Trinajstić information content (AvgIpc) is 2.69. The van der Waals surface area contributed by atoms with Crippen molar-refractivity contribution >= 4 is 23.5 Å². The van der Waals surface area contributed by atoms with E-state index in [1.54, 1.807) is 56.3 Å². The van der Waals surface area contributed by atoms with Crippen LogP contribution in [0.4, 0.5) is 0 Å². The second-order valence-electron chi connectivity index (χ2n) is 6.79. The second-order valence-corrected chi connectivity index (χ2v) is 6.79. The highest BCUT2D eigenvalue weighted by Crippen LogP contribution is 2.30. The number of aliphatic carboxylic acids is 1. The fraction of sp³-hybridized carbons (Fsp3) is 0.238. The summed E-state index contributed by atoms with van der Waals surface area (Å²) in [6, 6.07) is 13.0. The van der Waals surface area contributed by atoms with Crippen molar-refractivity contribution in [3.63, 3.8) is 0 Å². The summed E-state index contributed by atoms with van der Waals surface area (Å²) in [6.07, 6.45) is 3.04. The first kappa shape index (κ1) is 19.3. The summed E-state index contributed by atoms with van der Waals surface area (Å²) < 4.78 is 0. The molecule has 7 nitrogen and oxygen atoms in total. The van der Waals surface area contributed by atoms with Crippen LogP contribution in [0.3, 0.4) is 0 Å². The Bertz CT molecular complexity index is 910. The van der Waals surface area contributed by atoms with E-state index >= 15 is 0 Å². The van der Waals surface area contributed by atoms with Crippen molar-refractivity contribution in [2.45, 2.75) is 19.9 Å². The van der Waals surface area contributed by atoms with Gasteiger partial charge >= 0.3 is 0 Å². The number of carbonyl (C=O) groups excluding carboxylic acids is 3. The lowest BCUT2D eigenvalue weighted by Crippen LogP contribution is -2.56. The third kappa shape index (κ3) is 3.78. The molecule has 28 heavy (non-hydrogen) atoms. The van der Waals surface area contributed by atoms with Crippen LogP contribution in [-0.2, 0) is 9.59 Å². The van der Waals surface area contributed by atoms with E-state index in [1.807, 2.05) is 6.07 Å². The van der Waals surface area contributed by atoms with Gasteiger partial charge in [0.1, 0.15) is 11.7 Å². The van der Waals surface area contributed by atoms with Crippen molar-refractivity contribution in [2.24, 2.45) is 5.92 Å². The monoisotopic (exact) mass is 378 g/mol. The number of rotatable bonds is 5. The summed E-state index contributed by atoms with van der Waals surface area (Å²) in [5, 5.41) is 11.3. The van der Waals surface area contributed by atoms with Gasteiger partial charge in [0.15, 0.2) is 0 Å². The lowest BCUT2D eigenvalue weighted by molar-refractivity contribution is -0.305. The summed E-state index contributed by atoms with van der Waals surface area (Å²) in [5.41, 5.74) is 1.16. The molecule has 1 aromatic carbocycles. The SMILES string of the molecule is CC(C)C1C(=O)N(CC(=O)[O-])C(c2ccccc2)=CN1C(=O)c1ccccn1. The fourth-order valence-electron chi connectivity index (χ4n) is 3.22. The zero-order chi connectivity index (χ0) is 20.3. The molecule has 1 aromatic heterocycles. The smallest absolute Gasteiger partial charge is 0.277 e. The average molecular weight is 378 g/mol. The minimum absolute atomic E-state index is 0.206. The second kappa shape index (κ2) is 8.04. The molecule has 1 atom stereocenters. The highest BCUT2D eigenvalue weighted by atomic mass is 16.4. The van der Waals surface area contributed by atoms with Crippen LogP contribution in [0.25, 0.3) is 5.70 Å². The lowest BCUT2D eigenvalue weighted by atomic mass is 9.96. The summed E-state index contributed by atoms with van der Waals surface area (Å²) >= 11 is 0. The van der Waals surface area contributed by atoms with Gasteiger partial charge in [-0.1, -0.05) is 50.2 Å². The Morgan fingerprint density at radius 2 is 1.79 bits per heavy atom. The van der Waals surface area contributed by atoms with Gasteiger partial charge < -0.3 is 14.8 Å². The van der Waals surface area contributed by atoms with Crippen molar-refractivity contribution in [3.8, 4) is 0 Å². The molecular formula is C21H20N3O4-. The lowest BCUT2D eigenvalue weighted by Gasteiger charge is -2.41. The molecular weight excluding hydrogens is 358 g/mol. The van der Waals surface area contributed by atoms with Gasteiger partial charge in [-0.05, 0) is 23.6 Å². The summed E-state index contributed by atoms with van der Waals surface area (Å²) in [6.45, 7) is 3.02. The molecule has 0 saturated heterocycles. The number of nitrogens with zero attached hydrogens (tertiary/aromatic N) is 3. The summed E-state index contributed by atoms with van der Waals surface area (Å²) in [5.74, 6) is -2.50. The molecule has 144 valence electrons. The van der Waals surface area contributed by atoms with Crippen molar-refractivity contribution in [2.75, 3.05) is 6.54 Å². The zero-order valence-corrected chi connectivity index (χ0v) is 15.6. The Labute approximate surface area is 162 Å². The Kier molecular flexibility index (Phi) is 5.54. The third-order valence-electron chi connectivity index (χ3n) is 4.48. The zero-order valence-electron chi connectivity index (χ0n) is 15.6. The van der Waals surface area contributed by atoms with E-state index in [-0.39, 0.29) is 11.6 Å². The summed E-state index contributed by atoms with van der Waals surface area (Å²) in [7, 11) is 0. The van der Waals surface area contributed by atoms with Gasteiger partial charge in [-0.3, -0.25) is 19.5 Å². The first-order valence-electron chi connectivity index (χ1n) is 8.92. The van der Waals surface area contributed by atoms with E-state index in [1.165, 1.54) is 17.3 Å². The van der Waals surface area contributed by atoms with Gasteiger partial charge in [0, 0.05) is 12.4 Å². The fourth-order valence-corrected chi connectivity index (χ4v) is 3.22. The van der Waals surface area contributed by atoms with E-state index in [9.17, 15) is 19.5 Å². The first-order chi connectivity index (χ1) is 13.4. The van der Waals surface area contributed by atoms with E-state index in [0.29, 0.717) is 11.3 Å². The number of hydrogen-bond acceptors (Lipinski definition) is 5. The molecule has 0 saturated carbocycles. The van der Waals surface area contributed by atoms with Crippen LogP contribution in [0.5, 0.6) is 0 Å². The number of amides is 2. The minimum Gasteiger partial charge on any atom is -0.548 e. The molecule has 1 aliphatic rings. The third-order valence-corrected chi connectivity index (χ3v) is 4.48. The molecule has 2 aromatic rings. The van der Waals surface area contributed by atoms with Gasteiger partial charge in [-0.2, -0.15) is 0 Å². The van der Waals surface area contributed by atoms with Crippen molar-refractivity contribution < 1.29 is 19.5 Å². The van der Waals surface area contributed by atoms with Crippen molar-refractivity contribution in [1.82, 2.24) is 14.8 Å². The van der Waals surface area contributed by atoms with Gasteiger partial charge in [0.05, 0.1) is 18.2 Å². The molecule has 1 aliphatic heterocycles. The van der Waals surface area contributed by atoms with Crippen LogP contribution in [0.2, 0.25) is 0 Å². The molecule has 2 amide bonds. The molecule has 1 unspecified atom stereocenters. The van der Waals surface area contributed by atoms with Gasteiger partial charge in [0.25, 0.3) is 11.8 Å². The largest absolute Gasteiger partial charge is 0.548 e. The predicted molar refractivity (Wildman–Crippen MR) is 100 cm³/mol. The maximum Gasteiger partial charge on any atom is 0.277 e. The van der Waals surface area contributed by atoms with E-state index < -0.39 is 30.4 Å². The molecule has 0 radical (unpaired) electrons. The summed E-state index contributed by atoms with van der Waals surface area (Å²) in [4.78, 5) is 44.2. The predicted octanol–water partition coefficient (Wildman–Crippen LogP) is 1.14. The number of aromatic nitrogens is 1. The number of carboxylic acid groups (broad SMARTS) is 1. The normalized spacial score (nSPS) is 16.9. The molecule has 2 heterocycles. The maximum atomic E-state index is 13.2. The van der Waals surface area contributed by atoms with Crippen LogP contribution in [0, 0.1) is 5.92 Å². The van der Waals surface area contributed by atoms with Crippen LogP contribution in [0.15, 0.2) is 60.9 Å². The Hall–Kier alpha value is -3.48. The molecule has 0 bridgehead atoms. The Morgan fingerprint density at radius 1 is 1.11 bits per heavy atom. The van der Waals surface area contributed by atoms with E-state index in [0.717, 1.165) is 4.90 Å². The Morgan fingerprint density at radius 3 is 2.36 bits per heavy atom. The van der Waals surface area contributed by atoms with Crippen LogP contribution in [-0.4, -0.2) is 45.2 Å². The number of pyridine rings is 1. The number of carbonyl (C=O) groups is 3. The molecule has 0 N–H and O–H groups in total. The standard InChI is InChI=1S/C21H21N3O4/c1-14(2)19-21(28)23(13-18(25)26)17(15-8-4-3-5-9-15)12-24(19)20(27)16-10-6-7-11-22-16/h3-12,14,19H,13H2,1-2H3,(H,25,26)/p-1. The van der Waals surface area contributed by atoms with Gasteiger partial charge in [0.2, 0.25) is 0 Å². The van der Waals surface area contributed by atoms with Gasteiger partial charge in [-0.15, -0.1) is 0 Å². The van der Waals surface area contributed by atoms with Crippen LogP contribution in [0.1, 0.15) is 29.9 Å². The topological polar surface area (TPSA) is 93.6 Å². The number of hydrogen-bond donors (Lipinski definition) is 0. The Balaban J connectivity index is 2.14. The minimum atomic E-state index is -1.37. The molecule has 7 heteroatoms. The van der Waals surface area contributed by atoms with Crippen LogP contribution < -0.4 is 5.11 Å². The van der Waals surface area contributed by atoms with E-state index in [4.69, 9.17) is 0 Å². The van der Waals surface area contributed by atoms with Crippen molar-refractivity contribution in [3.05, 3.63) is 72.2 Å². The quantitative estimate of drug-likeness (QED) is 0.778. The van der Waals surface area contributed by atoms with Gasteiger partial charge in [-0.25, -0.2) is 0 Å². The molecule has 0 aliphatic carbocycles. The number of benzene rings is 1. The maximum absolute atomic E-state index is 13.2. The highest BCUT2D eigenvalue weighted by molar-refractivity contribution is 6.02. The van der Waals surface area contributed by atoms with Crippen LogP contribution >= 0.6 is 0 Å². The number of carboxylic acids is 1. The van der Waals surface area contributed by atoms with Crippen molar-refractivity contribution in [1.29, 1.82) is 0 Å². The highest BCUT2D eigenvalue weighted by Gasteiger charge is 2.40. The van der Waals surface area contributed by atoms with E-state index in [2.05, 4.69) is 4.98 Å². The molecule has 0 spiro atoms. The molecule has 3 rings (SSSR count). The first-order valence-corrected chi connectivity index (χ1v) is 8.92. The molecule has 0 fully saturated rings.